The van der Waals surface area contributed by atoms with Crippen LogP contribution in [0.5, 0.6) is 0 Å². The lowest BCUT2D eigenvalue weighted by atomic mass is 9.58. The van der Waals surface area contributed by atoms with Crippen LogP contribution in [0.2, 0.25) is 0 Å². The molecule has 1 saturated carbocycles. The lowest BCUT2D eigenvalue weighted by Gasteiger charge is -2.57. The Kier molecular flexibility index (Phi) is 7.02. The van der Waals surface area contributed by atoms with Crippen LogP contribution in [0.3, 0.4) is 0 Å². The van der Waals surface area contributed by atoms with E-state index in [1.54, 1.807) is 11.8 Å². The minimum absolute atomic E-state index is 0.00702. The summed E-state index contributed by atoms with van der Waals surface area (Å²) in [6.45, 7) is 6.26. The number of benzene rings is 2. The lowest BCUT2D eigenvalue weighted by Crippen LogP contribution is -2.63. The van der Waals surface area contributed by atoms with E-state index in [1.807, 2.05) is 56.3 Å². The molecule has 1 aliphatic heterocycles. The molecular formula is C25H32N2O3S. The van der Waals surface area contributed by atoms with E-state index < -0.39 is 0 Å². The SMILES string of the molecule is CCO[C@@H]1C[C@H](O)C12CCN([C@@H](C)C(=O)Nc1ccccc1Sc1ccccc1)CC2. The topological polar surface area (TPSA) is 61.8 Å². The van der Waals surface area contributed by atoms with Gasteiger partial charge >= 0.3 is 0 Å². The average Bonchev–Trinajstić information content (AvgIpc) is 2.80. The second kappa shape index (κ2) is 9.74. The number of likely N-dealkylation sites (tertiary alicyclic amines) is 1. The van der Waals surface area contributed by atoms with Crippen LogP contribution in [-0.4, -0.2) is 53.9 Å². The highest BCUT2D eigenvalue weighted by atomic mass is 32.2. The van der Waals surface area contributed by atoms with Crippen LogP contribution < -0.4 is 5.32 Å². The predicted molar refractivity (Wildman–Crippen MR) is 124 cm³/mol. The summed E-state index contributed by atoms with van der Waals surface area (Å²) in [5.41, 5.74) is 0.717. The lowest BCUT2D eigenvalue weighted by molar-refractivity contribution is -0.210. The zero-order chi connectivity index (χ0) is 21.8. The molecular weight excluding hydrogens is 408 g/mol. The maximum atomic E-state index is 13.1. The van der Waals surface area contributed by atoms with Crippen LogP contribution in [0.1, 0.15) is 33.1 Å². The van der Waals surface area contributed by atoms with Crippen molar-refractivity contribution in [1.29, 1.82) is 0 Å². The molecule has 6 heteroatoms. The Morgan fingerprint density at radius 1 is 1.19 bits per heavy atom. The van der Waals surface area contributed by atoms with Crippen molar-refractivity contribution in [2.24, 2.45) is 5.41 Å². The van der Waals surface area contributed by atoms with E-state index in [0.29, 0.717) is 6.61 Å². The monoisotopic (exact) mass is 440 g/mol. The number of hydrogen-bond acceptors (Lipinski definition) is 5. The fraction of sp³-hybridized carbons (Fsp3) is 0.480. The fourth-order valence-electron chi connectivity index (χ4n) is 4.82. The summed E-state index contributed by atoms with van der Waals surface area (Å²) in [5, 5.41) is 13.6. The van der Waals surface area contributed by atoms with Crippen LogP contribution in [0.15, 0.2) is 64.4 Å². The first-order valence-electron chi connectivity index (χ1n) is 11.2. The van der Waals surface area contributed by atoms with Crippen molar-refractivity contribution >= 4 is 23.4 Å². The van der Waals surface area contributed by atoms with Crippen molar-refractivity contribution in [1.82, 2.24) is 4.90 Å². The molecule has 2 aliphatic rings. The molecule has 0 unspecified atom stereocenters. The molecule has 0 aromatic heterocycles. The molecule has 2 fully saturated rings. The number of nitrogens with one attached hydrogen (secondary N) is 1. The third-order valence-electron chi connectivity index (χ3n) is 6.88. The van der Waals surface area contributed by atoms with Crippen molar-refractivity contribution in [3.63, 3.8) is 0 Å². The Balaban J connectivity index is 1.37. The molecule has 1 spiro atoms. The number of para-hydroxylation sites is 1. The van der Waals surface area contributed by atoms with Gasteiger partial charge in [0.1, 0.15) is 0 Å². The third kappa shape index (κ3) is 4.67. The molecule has 31 heavy (non-hydrogen) atoms. The standard InChI is InChI=1S/C25H32N2O3S/c1-3-30-23-17-22(28)25(23)13-15-27(16-14-25)18(2)24(29)26-20-11-7-8-12-21(20)31-19-9-5-4-6-10-19/h4-12,18,22-23,28H,3,13-17H2,1-2H3,(H,26,29)/t18-,22-,23+/m0/s1. The molecule has 4 rings (SSSR count). The highest BCUT2D eigenvalue weighted by Crippen LogP contribution is 2.51. The van der Waals surface area contributed by atoms with Gasteiger partial charge in [-0.2, -0.15) is 0 Å². The van der Waals surface area contributed by atoms with Crippen LogP contribution >= 0.6 is 11.8 Å². The molecule has 166 valence electrons. The van der Waals surface area contributed by atoms with Crippen LogP contribution in [-0.2, 0) is 9.53 Å². The number of rotatable bonds is 7. The van der Waals surface area contributed by atoms with Crippen molar-refractivity contribution in [3.05, 3.63) is 54.6 Å². The van der Waals surface area contributed by atoms with E-state index in [9.17, 15) is 9.90 Å². The minimum atomic E-state index is -0.280. The molecule has 0 radical (unpaired) electrons. The summed E-state index contributed by atoms with van der Waals surface area (Å²) < 4.78 is 5.87. The van der Waals surface area contributed by atoms with Gasteiger partial charge in [0, 0.05) is 28.2 Å². The van der Waals surface area contributed by atoms with Gasteiger partial charge in [0.05, 0.1) is 23.9 Å². The minimum Gasteiger partial charge on any atom is -0.392 e. The van der Waals surface area contributed by atoms with Crippen molar-refractivity contribution in [3.8, 4) is 0 Å². The summed E-state index contributed by atoms with van der Waals surface area (Å²) in [4.78, 5) is 17.5. The van der Waals surface area contributed by atoms with Gasteiger partial charge in [0.15, 0.2) is 0 Å². The molecule has 2 aromatic rings. The van der Waals surface area contributed by atoms with Gasteiger partial charge in [-0.1, -0.05) is 42.1 Å². The molecule has 5 nitrogen and oxygen atoms in total. The van der Waals surface area contributed by atoms with Crippen LogP contribution in [0.25, 0.3) is 0 Å². The number of piperidine rings is 1. The van der Waals surface area contributed by atoms with E-state index in [-0.39, 0.29) is 29.6 Å². The largest absolute Gasteiger partial charge is 0.392 e. The highest BCUT2D eigenvalue weighted by molar-refractivity contribution is 7.99. The van der Waals surface area contributed by atoms with Crippen LogP contribution in [0.4, 0.5) is 5.69 Å². The van der Waals surface area contributed by atoms with Gasteiger partial charge in [0.25, 0.3) is 0 Å². The van der Waals surface area contributed by atoms with Gasteiger partial charge < -0.3 is 15.2 Å². The first-order valence-corrected chi connectivity index (χ1v) is 12.0. The highest BCUT2D eigenvalue weighted by Gasteiger charge is 2.56. The molecule has 3 atom stereocenters. The van der Waals surface area contributed by atoms with E-state index >= 15 is 0 Å². The number of ether oxygens (including phenoxy) is 1. The van der Waals surface area contributed by atoms with E-state index in [1.165, 1.54) is 0 Å². The maximum Gasteiger partial charge on any atom is 0.241 e. The van der Waals surface area contributed by atoms with Gasteiger partial charge in [-0.05, 0) is 64.0 Å². The zero-order valence-corrected chi connectivity index (χ0v) is 19.1. The second-order valence-corrected chi connectivity index (χ2v) is 9.66. The number of nitrogens with zero attached hydrogens (tertiary/aromatic N) is 1. The normalized spacial score (nSPS) is 23.8. The van der Waals surface area contributed by atoms with Gasteiger partial charge in [-0.3, -0.25) is 9.69 Å². The van der Waals surface area contributed by atoms with Crippen molar-refractivity contribution < 1.29 is 14.6 Å². The second-order valence-electron chi connectivity index (χ2n) is 8.54. The summed E-state index contributed by atoms with van der Waals surface area (Å²) in [6, 6.07) is 17.9. The smallest absolute Gasteiger partial charge is 0.241 e. The van der Waals surface area contributed by atoms with E-state index in [2.05, 4.69) is 22.3 Å². The number of aliphatic hydroxyl groups excluding tert-OH is 1. The van der Waals surface area contributed by atoms with Gasteiger partial charge in [-0.25, -0.2) is 0 Å². The first kappa shape index (κ1) is 22.3. The average molecular weight is 441 g/mol. The number of aliphatic hydroxyl groups is 1. The van der Waals surface area contributed by atoms with Crippen molar-refractivity contribution in [2.45, 2.75) is 61.2 Å². The number of hydrogen-bond donors (Lipinski definition) is 2. The summed E-state index contributed by atoms with van der Waals surface area (Å²) in [5.74, 6) is 0.00702. The summed E-state index contributed by atoms with van der Waals surface area (Å²) in [6.07, 6.45) is 2.35. The molecule has 1 aliphatic carbocycles. The quantitative estimate of drug-likeness (QED) is 0.668. The summed E-state index contributed by atoms with van der Waals surface area (Å²) in [7, 11) is 0. The molecule has 1 amide bonds. The maximum absolute atomic E-state index is 13.1. The number of carbonyl (C=O) groups excluding carboxylic acids is 1. The van der Waals surface area contributed by atoms with Gasteiger partial charge in [0.2, 0.25) is 5.91 Å². The van der Waals surface area contributed by atoms with E-state index in [4.69, 9.17) is 4.74 Å². The number of carbonyl (C=O) groups is 1. The predicted octanol–water partition coefficient (Wildman–Crippen LogP) is 4.42. The molecule has 2 N–H and O–H groups in total. The van der Waals surface area contributed by atoms with Crippen LogP contribution in [0, 0.1) is 5.41 Å². The Morgan fingerprint density at radius 2 is 1.87 bits per heavy atom. The Morgan fingerprint density at radius 3 is 2.55 bits per heavy atom. The zero-order valence-electron chi connectivity index (χ0n) is 18.3. The molecule has 0 bridgehead atoms. The fourth-order valence-corrected chi connectivity index (χ4v) is 5.74. The Labute approximate surface area is 189 Å². The Hall–Kier alpha value is -1.86. The first-order chi connectivity index (χ1) is 15.0. The number of anilines is 1. The number of amides is 1. The Bertz CT molecular complexity index is 881. The molecule has 2 aromatic carbocycles. The third-order valence-corrected chi connectivity index (χ3v) is 7.97. The van der Waals surface area contributed by atoms with Gasteiger partial charge in [-0.15, -0.1) is 0 Å². The van der Waals surface area contributed by atoms with Crippen molar-refractivity contribution in [2.75, 3.05) is 25.0 Å². The molecule has 1 saturated heterocycles. The summed E-state index contributed by atoms with van der Waals surface area (Å²) >= 11 is 1.65. The van der Waals surface area contributed by atoms with E-state index in [0.717, 1.165) is 47.8 Å². The molecule has 1 heterocycles.